The molecule has 0 radical (unpaired) electrons. The van der Waals surface area contributed by atoms with Crippen LogP contribution in [0.25, 0.3) is 0 Å². The molecule has 0 unspecified atom stereocenters. The highest BCUT2D eigenvalue weighted by molar-refractivity contribution is 5.97. The molecule has 0 aliphatic carbocycles. The molecule has 0 heterocycles. The van der Waals surface area contributed by atoms with E-state index in [2.05, 4.69) is 0 Å². The van der Waals surface area contributed by atoms with Crippen LogP contribution in [0.3, 0.4) is 0 Å². The highest BCUT2D eigenvalue weighted by Gasteiger charge is 2.20. The molecule has 5 nitrogen and oxygen atoms in total. The second kappa shape index (κ2) is 6.76. The lowest BCUT2D eigenvalue weighted by Crippen LogP contribution is -2.12. The second-order valence-electron chi connectivity index (χ2n) is 4.51. The summed E-state index contributed by atoms with van der Waals surface area (Å²) >= 11 is 0. The molecular formula is C17H16O5. The van der Waals surface area contributed by atoms with Crippen molar-refractivity contribution in [3.05, 3.63) is 53.6 Å². The Hall–Kier alpha value is -2.82. The van der Waals surface area contributed by atoms with Gasteiger partial charge in [-0.05, 0) is 43.3 Å². The first-order valence-electron chi connectivity index (χ1n) is 6.61. The normalized spacial score (nSPS) is 9.95. The largest absolute Gasteiger partial charge is 0.496 e. The van der Waals surface area contributed by atoms with E-state index in [0.29, 0.717) is 22.8 Å². The van der Waals surface area contributed by atoms with Gasteiger partial charge in [0.15, 0.2) is 5.78 Å². The Morgan fingerprint density at radius 2 is 1.41 bits per heavy atom. The van der Waals surface area contributed by atoms with E-state index in [1.54, 1.807) is 42.5 Å². The molecule has 2 aromatic rings. The Balaban J connectivity index is 2.27. The summed E-state index contributed by atoms with van der Waals surface area (Å²) in [5.74, 6) is 0.423. The monoisotopic (exact) mass is 300 g/mol. The van der Waals surface area contributed by atoms with Gasteiger partial charge in [0.2, 0.25) is 0 Å². The Labute approximate surface area is 128 Å². The fourth-order valence-corrected chi connectivity index (χ4v) is 1.97. The first-order chi connectivity index (χ1) is 10.6. The molecular weight excluding hydrogens is 284 g/mol. The van der Waals surface area contributed by atoms with Crippen LogP contribution in [0.1, 0.15) is 27.6 Å². The summed E-state index contributed by atoms with van der Waals surface area (Å²) in [5, 5.41) is 0. The van der Waals surface area contributed by atoms with Crippen molar-refractivity contribution in [2.45, 2.75) is 6.92 Å². The predicted molar refractivity (Wildman–Crippen MR) is 81.0 cm³/mol. The lowest BCUT2D eigenvalue weighted by atomic mass is 10.1. The Bertz CT molecular complexity index is 666. The highest BCUT2D eigenvalue weighted by Crippen LogP contribution is 2.29. The van der Waals surface area contributed by atoms with Crippen molar-refractivity contribution in [2.24, 2.45) is 0 Å². The maximum absolute atomic E-state index is 12.3. The smallest absolute Gasteiger partial charge is 0.351 e. The lowest BCUT2D eigenvalue weighted by molar-refractivity contribution is 0.0727. The summed E-state index contributed by atoms with van der Waals surface area (Å²) < 4.78 is 15.7. The van der Waals surface area contributed by atoms with E-state index in [1.807, 2.05) is 0 Å². The minimum atomic E-state index is -0.593. The van der Waals surface area contributed by atoms with E-state index in [0.717, 1.165) is 0 Å². The molecule has 0 aliphatic rings. The maximum Gasteiger partial charge on any atom is 0.351 e. The van der Waals surface area contributed by atoms with Gasteiger partial charge in [0, 0.05) is 5.56 Å². The molecule has 22 heavy (non-hydrogen) atoms. The number of methoxy groups -OCH3 is 2. The molecule has 2 aromatic carbocycles. The number of ether oxygens (including phenoxy) is 3. The minimum Gasteiger partial charge on any atom is -0.496 e. The van der Waals surface area contributed by atoms with Crippen molar-refractivity contribution >= 4 is 11.8 Å². The van der Waals surface area contributed by atoms with Gasteiger partial charge in [0.1, 0.15) is 22.8 Å². The number of benzene rings is 2. The van der Waals surface area contributed by atoms with E-state index in [1.165, 1.54) is 21.1 Å². The number of carbonyl (C=O) groups excluding carboxylic acids is 2. The molecule has 0 bridgehead atoms. The fraction of sp³-hybridized carbons (Fsp3) is 0.176. The van der Waals surface area contributed by atoms with Crippen LogP contribution in [0.15, 0.2) is 42.5 Å². The number of rotatable bonds is 5. The molecule has 0 N–H and O–H groups in total. The van der Waals surface area contributed by atoms with Crippen LogP contribution >= 0.6 is 0 Å². The molecule has 0 saturated carbocycles. The van der Waals surface area contributed by atoms with E-state index in [-0.39, 0.29) is 11.3 Å². The Kier molecular flexibility index (Phi) is 4.78. The van der Waals surface area contributed by atoms with Gasteiger partial charge in [-0.1, -0.05) is 6.07 Å². The van der Waals surface area contributed by atoms with E-state index < -0.39 is 5.97 Å². The van der Waals surface area contributed by atoms with Gasteiger partial charge >= 0.3 is 5.97 Å². The van der Waals surface area contributed by atoms with E-state index in [9.17, 15) is 9.59 Å². The topological polar surface area (TPSA) is 61.8 Å². The Morgan fingerprint density at radius 3 is 1.86 bits per heavy atom. The minimum absolute atomic E-state index is 0.0516. The fourth-order valence-electron chi connectivity index (χ4n) is 1.97. The predicted octanol–water partition coefficient (Wildman–Crippen LogP) is 3.13. The van der Waals surface area contributed by atoms with Crippen LogP contribution in [0.2, 0.25) is 0 Å². The average molecular weight is 300 g/mol. The molecule has 5 heteroatoms. The lowest BCUT2D eigenvalue weighted by Gasteiger charge is -2.12. The van der Waals surface area contributed by atoms with Crippen molar-refractivity contribution in [3.8, 4) is 17.2 Å². The van der Waals surface area contributed by atoms with Gasteiger partial charge in [-0.3, -0.25) is 4.79 Å². The standard InChI is InChI=1S/C17H16O5/c1-11(18)12-7-9-13(10-8-12)22-17(19)16-14(20-2)5-4-6-15(16)21-3/h4-10H,1-3H3. The third-order valence-corrected chi connectivity index (χ3v) is 3.10. The number of hydrogen-bond acceptors (Lipinski definition) is 5. The van der Waals surface area contributed by atoms with Crippen LogP contribution in [-0.4, -0.2) is 26.0 Å². The molecule has 0 fully saturated rings. The van der Waals surface area contributed by atoms with Crippen LogP contribution < -0.4 is 14.2 Å². The number of ketones is 1. The molecule has 0 aromatic heterocycles. The van der Waals surface area contributed by atoms with Crippen LogP contribution in [0.4, 0.5) is 0 Å². The molecule has 0 aliphatic heterocycles. The zero-order valence-electron chi connectivity index (χ0n) is 12.6. The van der Waals surface area contributed by atoms with Crippen LogP contribution in [-0.2, 0) is 0 Å². The van der Waals surface area contributed by atoms with Gasteiger partial charge in [-0.25, -0.2) is 4.79 Å². The van der Waals surface area contributed by atoms with Gasteiger partial charge in [-0.2, -0.15) is 0 Å². The zero-order valence-corrected chi connectivity index (χ0v) is 12.6. The summed E-state index contributed by atoms with van der Waals surface area (Å²) in [4.78, 5) is 23.6. The third kappa shape index (κ3) is 3.25. The third-order valence-electron chi connectivity index (χ3n) is 3.10. The van der Waals surface area contributed by atoms with Crippen LogP contribution in [0.5, 0.6) is 17.2 Å². The van der Waals surface area contributed by atoms with Crippen molar-refractivity contribution in [1.29, 1.82) is 0 Å². The molecule has 0 amide bonds. The summed E-state index contributed by atoms with van der Waals surface area (Å²) in [5.41, 5.74) is 0.762. The van der Waals surface area contributed by atoms with Crippen molar-refractivity contribution < 1.29 is 23.8 Å². The van der Waals surface area contributed by atoms with Gasteiger partial charge in [0.25, 0.3) is 0 Å². The SMILES string of the molecule is COc1cccc(OC)c1C(=O)Oc1ccc(C(C)=O)cc1. The first kappa shape index (κ1) is 15.6. The average Bonchev–Trinajstić information content (AvgIpc) is 2.54. The van der Waals surface area contributed by atoms with Crippen molar-refractivity contribution in [1.82, 2.24) is 0 Å². The van der Waals surface area contributed by atoms with Crippen molar-refractivity contribution in [2.75, 3.05) is 14.2 Å². The maximum atomic E-state index is 12.3. The number of esters is 1. The van der Waals surface area contributed by atoms with Crippen LogP contribution in [0, 0.1) is 0 Å². The van der Waals surface area contributed by atoms with E-state index >= 15 is 0 Å². The molecule has 2 rings (SSSR count). The molecule has 0 saturated heterocycles. The van der Waals surface area contributed by atoms with Gasteiger partial charge in [0.05, 0.1) is 14.2 Å². The Morgan fingerprint density at radius 1 is 0.864 bits per heavy atom. The second-order valence-corrected chi connectivity index (χ2v) is 4.51. The van der Waals surface area contributed by atoms with Gasteiger partial charge < -0.3 is 14.2 Å². The molecule has 0 atom stereocenters. The molecule has 114 valence electrons. The summed E-state index contributed by atoms with van der Waals surface area (Å²) in [7, 11) is 2.93. The quantitative estimate of drug-likeness (QED) is 0.482. The summed E-state index contributed by atoms with van der Waals surface area (Å²) in [6, 6.07) is 11.4. The zero-order chi connectivity index (χ0) is 16.1. The number of hydrogen-bond donors (Lipinski definition) is 0. The number of Topliss-reactive ketones (excluding diaryl/α,β-unsaturated/α-hetero) is 1. The molecule has 0 spiro atoms. The van der Waals surface area contributed by atoms with Gasteiger partial charge in [-0.15, -0.1) is 0 Å². The summed E-state index contributed by atoms with van der Waals surface area (Å²) in [6.45, 7) is 1.47. The highest BCUT2D eigenvalue weighted by atomic mass is 16.5. The number of carbonyl (C=O) groups is 2. The van der Waals surface area contributed by atoms with Crippen molar-refractivity contribution in [3.63, 3.8) is 0 Å². The summed E-state index contributed by atoms with van der Waals surface area (Å²) in [6.07, 6.45) is 0. The first-order valence-corrected chi connectivity index (χ1v) is 6.61. The van der Waals surface area contributed by atoms with E-state index in [4.69, 9.17) is 14.2 Å².